The highest BCUT2D eigenvalue weighted by Gasteiger charge is 2.31. The van der Waals surface area contributed by atoms with E-state index in [9.17, 15) is 13.2 Å². The molecule has 0 aromatic heterocycles. The lowest BCUT2D eigenvalue weighted by Crippen LogP contribution is -2.20. The van der Waals surface area contributed by atoms with Gasteiger partial charge in [-0.3, -0.25) is 0 Å². The molecule has 0 spiro atoms. The third-order valence-electron chi connectivity index (χ3n) is 2.07. The topological polar surface area (TPSA) is 55.5 Å². The van der Waals surface area contributed by atoms with Gasteiger partial charge in [0.2, 0.25) is 0 Å². The molecule has 3 N–H and O–H groups in total. The van der Waals surface area contributed by atoms with E-state index in [0.29, 0.717) is 0 Å². The van der Waals surface area contributed by atoms with E-state index >= 15 is 0 Å². The highest BCUT2D eigenvalue weighted by atomic mass is 35.5. The van der Waals surface area contributed by atoms with Crippen molar-refractivity contribution in [3.63, 3.8) is 0 Å². The van der Waals surface area contributed by atoms with Crippen LogP contribution in [0, 0.1) is 0 Å². The second-order valence-electron chi connectivity index (χ2n) is 3.35. The number of ether oxygens (including phenoxy) is 1. The molecule has 7 heteroatoms. The van der Waals surface area contributed by atoms with E-state index in [1.165, 1.54) is 25.3 Å². The Morgan fingerprint density at radius 3 is 2.47 bits per heavy atom. The fraction of sp³-hybridized carbons (Fsp3) is 0.400. The molecule has 0 unspecified atom stereocenters. The Labute approximate surface area is 103 Å². The Morgan fingerprint density at radius 1 is 1.41 bits per heavy atom. The van der Waals surface area contributed by atoms with Gasteiger partial charge in [0.05, 0.1) is 13.5 Å². The summed E-state index contributed by atoms with van der Waals surface area (Å²) < 4.78 is 41.3. The van der Waals surface area contributed by atoms with Crippen LogP contribution in [0.25, 0.3) is 0 Å². The maximum atomic E-state index is 12.1. The van der Waals surface area contributed by atoms with Gasteiger partial charge in [-0.2, -0.15) is 13.2 Å². The summed E-state index contributed by atoms with van der Waals surface area (Å²) in [6.07, 6.45) is -5.46. The Balaban J connectivity index is 0.00000256. The fourth-order valence-corrected chi connectivity index (χ4v) is 1.37. The summed E-state index contributed by atoms with van der Waals surface area (Å²) in [5.74, 6) is 0.0663. The minimum absolute atomic E-state index is 0. The van der Waals surface area contributed by atoms with Crippen LogP contribution in [0.3, 0.4) is 0 Å². The molecule has 0 heterocycles. The number of nitrogens with two attached hydrogens (primary N) is 1. The molecule has 0 saturated carbocycles. The maximum absolute atomic E-state index is 12.1. The molecule has 0 saturated heterocycles. The van der Waals surface area contributed by atoms with Gasteiger partial charge < -0.3 is 15.6 Å². The first-order valence-corrected chi connectivity index (χ1v) is 4.52. The lowest BCUT2D eigenvalue weighted by Gasteiger charge is -2.17. The van der Waals surface area contributed by atoms with Gasteiger partial charge in [0, 0.05) is 17.7 Å². The van der Waals surface area contributed by atoms with E-state index in [4.69, 9.17) is 15.6 Å². The second-order valence-corrected chi connectivity index (χ2v) is 3.35. The van der Waals surface area contributed by atoms with Crippen molar-refractivity contribution in [1.82, 2.24) is 0 Å². The molecule has 0 fully saturated rings. The van der Waals surface area contributed by atoms with Crippen LogP contribution in [-0.4, -0.2) is 18.4 Å². The predicted molar refractivity (Wildman–Crippen MR) is 59.5 cm³/mol. The van der Waals surface area contributed by atoms with E-state index in [0.717, 1.165) is 0 Å². The maximum Gasteiger partial charge on any atom is 0.390 e. The van der Waals surface area contributed by atoms with Gasteiger partial charge in [-0.1, -0.05) is 6.07 Å². The molecule has 1 aromatic rings. The lowest BCUT2D eigenvalue weighted by atomic mass is 10.0. The van der Waals surface area contributed by atoms with Crippen molar-refractivity contribution in [3.8, 4) is 11.5 Å². The summed E-state index contributed by atoms with van der Waals surface area (Å²) in [5.41, 5.74) is 5.65. The molecule has 0 bridgehead atoms. The zero-order chi connectivity index (χ0) is 12.3. The van der Waals surface area contributed by atoms with E-state index in [1.807, 2.05) is 0 Å². The summed E-state index contributed by atoms with van der Waals surface area (Å²) in [6, 6.07) is 2.63. The van der Waals surface area contributed by atoms with Gasteiger partial charge >= 0.3 is 6.18 Å². The van der Waals surface area contributed by atoms with Crippen molar-refractivity contribution in [1.29, 1.82) is 0 Å². The first-order valence-electron chi connectivity index (χ1n) is 4.52. The van der Waals surface area contributed by atoms with Crippen molar-refractivity contribution in [2.75, 3.05) is 7.11 Å². The molecule has 1 atom stereocenters. The smallest absolute Gasteiger partial charge is 0.390 e. The van der Waals surface area contributed by atoms with E-state index in [-0.39, 0.29) is 29.5 Å². The molecule has 1 rings (SSSR count). The first-order chi connectivity index (χ1) is 7.33. The zero-order valence-corrected chi connectivity index (χ0v) is 9.81. The normalized spacial score (nSPS) is 12.8. The molecule has 0 aliphatic rings. The number of rotatable bonds is 3. The molecule has 3 nitrogen and oxygen atoms in total. The van der Waals surface area contributed by atoms with Crippen LogP contribution >= 0.6 is 12.4 Å². The fourth-order valence-electron chi connectivity index (χ4n) is 1.37. The SMILES string of the molecule is COc1cc(O)ccc1[C@H](N)CC(F)(F)F.Cl. The minimum Gasteiger partial charge on any atom is -0.508 e. The van der Waals surface area contributed by atoms with Crippen LogP contribution in [-0.2, 0) is 0 Å². The number of hydrogen-bond acceptors (Lipinski definition) is 3. The Hall–Kier alpha value is -1.14. The summed E-state index contributed by atoms with van der Waals surface area (Å²) in [6.45, 7) is 0. The van der Waals surface area contributed by atoms with E-state index in [1.54, 1.807) is 0 Å². The highest BCUT2D eigenvalue weighted by Crippen LogP contribution is 2.34. The second kappa shape index (κ2) is 5.97. The van der Waals surface area contributed by atoms with Gasteiger partial charge in [0.15, 0.2) is 0 Å². The summed E-state index contributed by atoms with van der Waals surface area (Å²) in [5, 5.41) is 9.14. The Kier molecular flexibility index (Phi) is 5.57. The molecule has 0 aliphatic heterocycles. The van der Waals surface area contributed by atoms with Crippen molar-refractivity contribution in [2.45, 2.75) is 18.6 Å². The Bertz CT molecular complexity index is 371. The van der Waals surface area contributed by atoms with Gasteiger partial charge in [-0.15, -0.1) is 12.4 Å². The van der Waals surface area contributed by atoms with Crippen LogP contribution in [0.15, 0.2) is 18.2 Å². The van der Waals surface area contributed by atoms with Crippen LogP contribution < -0.4 is 10.5 Å². The molecule has 17 heavy (non-hydrogen) atoms. The molecule has 0 radical (unpaired) electrons. The van der Waals surface area contributed by atoms with Crippen LogP contribution in [0.2, 0.25) is 0 Å². The van der Waals surface area contributed by atoms with Crippen molar-refractivity contribution < 1.29 is 23.0 Å². The number of aromatic hydroxyl groups is 1. The van der Waals surface area contributed by atoms with Gasteiger partial charge in [0.1, 0.15) is 11.5 Å². The molecule has 0 amide bonds. The number of phenols is 1. The molecular formula is C10H13ClF3NO2. The monoisotopic (exact) mass is 271 g/mol. The van der Waals surface area contributed by atoms with Crippen LogP contribution in [0.5, 0.6) is 11.5 Å². The number of methoxy groups -OCH3 is 1. The van der Waals surface area contributed by atoms with Gasteiger partial charge in [-0.05, 0) is 6.07 Å². The largest absolute Gasteiger partial charge is 0.508 e. The van der Waals surface area contributed by atoms with Crippen molar-refractivity contribution in [3.05, 3.63) is 23.8 Å². The third kappa shape index (κ3) is 4.70. The van der Waals surface area contributed by atoms with Crippen LogP contribution in [0.1, 0.15) is 18.0 Å². The van der Waals surface area contributed by atoms with Crippen molar-refractivity contribution in [2.24, 2.45) is 5.73 Å². The molecule has 0 aliphatic carbocycles. The van der Waals surface area contributed by atoms with Crippen LogP contribution in [0.4, 0.5) is 13.2 Å². The number of phenolic OH excluding ortho intramolecular Hbond substituents is 1. The Morgan fingerprint density at radius 2 is 2.00 bits per heavy atom. The number of hydrogen-bond donors (Lipinski definition) is 2. The first kappa shape index (κ1) is 15.9. The highest BCUT2D eigenvalue weighted by molar-refractivity contribution is 5.85. The number of halogens is 4. The number of benzene rings is 1. The van der Waals surface area contributed by atoms with E-state index < -0.39 is 18.6 Å². The summed E-state index contributed by atoms with van der Waals surface area (Å²) >= 11 is 0. The van der Waals surface area contributed by atoms with E-state index in [2.05, 4.69) is 0 Å². The average Bonchev–Trinajstić information content (AvgIpc) is 2.14. The molecular weight excluding hydrogens is 259 g/mol. The quantitative estimate of drug-likeness (QED) is 0.889. The molecule has 98 valence electrons. The number of alkyl halides is 3. The zero-order valence-electron chi connectivity index (χ0n) is 8.99. The van der Waals surface area contributed by atoms with Gasteiger partial charge in [0.25, 0.3) is 0 Å². The summed E-state index contributed by atoms with van der Waals surface area (Å²) in [4.78, 5) is 0. The van der Waals surface area contributed by atoms with Gasteiger partial charge in [-0.25, -0.2) is 0 Å². The lowest BCUT2D eigenvalue weighted by molar-refractivity contribution is -0.138. The minimum atomic E-state index is -4.33. The average molecular weight is 272 g/mol. The predicted octanol–water partition coefficient (Wildman–Crippen LogP) is 2.77. The summed E-state index contributed by atoms with van der Waals surface area (Å²) in [7, 11) is 1.30. The standard InChI is InChI=1S/C10H12F3NO2.ClH/c1-16-9-4-6(15)2-3-7(9)8(14)5-10(11,12)13;/h2-4,8,15H,5,14H2,1H3;1H/t8-;/m1./s1. The van der Waals surface area contributed by atoms with Crippen molar-refractivity contribution >= 4 is 12.4 Å². The molecule has 1 aromatic carbocycles. The third-order valence-corrected chi connectivity index (χ3v) is 2.07.